The Morgan fingerprint density at radius 3 is 2.87 bits per heavy atom. The van der Waals surface area contributed by atoms with E-state index in [0.717, 1.165) is 48.0 Å². The molecular formula is C23H28N6O2. The number of rotatable bonds is 6. The molecule has 1 saturated carbocycles. The summed E-state index contributed by atoms with van der Waals surface area (Å²) in [6.45, 7) is 2.62. The van der Waals surface area contributed by atoms with Crippen molar-refractivity contribution in [1.29, 1.82) is 0 Å². The van der Waals surface area contributed by atoms with Gasteiger partial charge in [0.05, 0.1) is 24.4 Å². The zero-order valence-electron chi connectivity index (χ0n) is 17.9. The summed E-state index contributed by atoms with van der Waals surface area (Å²) in [5.41, 5.74) is 5.27. The van der Waals surface area contributed by atoms with Gasteiger partial charge in [-0.05, 0) is 50.8 Å². The maximum Gasteiger partial charge on any atom is 0.241 e. The Labute approximate surface area is 180 Å². The van der Waals surface area contributed by atoms with Gasteiger partial charge in [-0.25, -0.2) is 14.5 Å². The second-order valence-corrected chi connectivity index (χ2v) is 8.48. The molecule has 0 aliphatic heterocycles. The molecule has 4 aromatic rings. The fraction of sp³-hybridized carbons (Fsp3) is 0.435. The number of aromatic nitrogens is 5. The Balaban J connectivity index is 1.60. The van der Waals surface area contributed by atoms with E-state index < -0.39 is 0 Å². The highest BCUT2D eigenvalue weighted by molar-refractivity contribution is 5.81. The van der Waals surface area contributed by atoms with Gasteiger partial charge in [0.2, 0.25) is 5.95 Å². The highest BCUT2D eigenvalue weighted by Crippen LogP contribution is 2.37. The number of imidazole rings is 1. The number of hydrogen-bond donors (Lipinski definition) is 2. The first-order valence-electron chi connectivity index (χ1n) is 10.9. The number of aliphatic hydroxyl groups excluding tert-OH is 1. The van der Waals surface area contributed by atoms with E-state index in [1.54, 1.807) is 13.3 Å². The predicted octanol–water partition coefficient (Wildman–Crippen LogP) is 3.51. The Hall–Kier alpha value is -2.97. The SMILES string of the molecule is COC[C@H](C)Nc1ncc2c(-c3ccc4nccn4c3)cc([C@H]3CC[C@H](O)CC3)n2n1. The number of ether oxygens (including phenoxy) is 1. The summed E-state index contributed by atoms with van der Waals surface area (Å²) in [5, 5.41) is 18.2. The second kappa shape index (κ2) is 8.28. The van der Waals surface area contributed by atoms with Gasteiger partial charge in [0, 0.05) is 54.5 Å². The van der Waals surface area contributed by atoms with Crippen molar-refractivity contribution in [3.8, 4) is 11.1 Å². The predicted molar refractivity (Wildman–Crippen MR) is 119 cm³/mol. The van der Waals surface area contributed by atoms with Gasteiger partial charge >= 0.3 is 0 Å². The van der Waals surface area contributed by atoms with E-state index in [1.807, 2.05) is 34.3 Å². The molecule has 4 heterocycles. The van der Waals surface area contributed by atoms with Crippen LogP contribution < -0.4 is 5.32 Å². The first kappa shape index (κ1) is 20.0. The van der Waals surface area contributed by atoms with Gasteiger partial charge in [0.1, 0.15) is 5.65 Å². The molecule has 1 fully saturated rings. The molecule has 0 saturated heterocycles. The highest BCUT2D eigenvalue weighted by atomic mass is 16.5. The van der Waals surface area contributed by atoms with Crippen LogP contribution in [0.4, 0.5) is 5.95 Å². The minimum absolute atomic E-state index is 0.106. The van der Waals surface area contributed by atoms with Gasteiger partial charge in [0.25, 0.3) is 0 Å². The lowest BCUT2D eigenvalue weighted by atomic mass is 9.85. The standard InChI is InChI=1S/C23H28N6O2/c1-15(14-31-2)26-23-25-12-21-19(17-5-8-22-24-9-10-28(22)13-17)11-20(29(21)27-23)16-3-6-18(30)7-4-16/h5,8-13,15-16,18,30H,3-4,6-7,14H2,1-2H3,(H,26,27)/t15-,16-,18-/m0/s1. The molecular weight excluding hydrogens is 392 g/mol. The lowest BCUT2D eigenvalue weighted by molar-refractivity contribution is 0.121. The monoisotopic (exact) mass is 420 g/mol. The molecule has 4 aromatic heterocycles. The number of anilines is 1. The molecule has 0 aromatic carbocycles. The summed E-state index contributed by atoms with van der Waals surface area (Å²) in [6, 6.07) is 6.47. The Morgan fingerprint density at radius 1 is 1.23 bits per heavy atom. The minimum atomic E-state index is -0.188. The maximum atomic E-state index is 9.98. The van der Waals surface area contributed by atoms with Crippen molar-refractivity contribution >= 4 is 17.1 Å². The van der Waals surface area contributed by atoms with Crippen LogP contribution in [0.5, 0.6) is 0 Å². The van der Waals surface area contributed by atoms with E-state index in [4.69, 9.17) is 9.84 Å². The lowest BCUT2D eigenvalue weighted by Gasteiger charge is -2.25. The van der Waals surface area contributed by atoms with Crippen molar-refractivity contribution in [3.63, 3.8) is 0 Å². The van der Waals surface area contributed by atoms with Crippen LogP contribution in [0, 0.1) is 0 Å². The number of fused-ring (bicyclic) bond motifs is 2. The highest BCUT2D eigenvalue weighted by Gasteiger charge is 2.25. The largest absolute Gasteiger partial charge is 0.393 e. The van der Waals surface area contributed by atoms with Crippen molar-refractivity contribution in [3.05, 3.63) is 48.7 Å². The molecule has 31 heavy (non-hydrogen) atoms. The van der Waals surface area contributed by atoms with Gasteiger partial charge < -0.3 is 19.6 Å². The quantitative estimate of drug-likeness (QED) is 0.496. The first-order chi connectivity index (χ1) is 15.1. The fourth-order valence-corrected chi connectivity index (χ4v) is 4.57. The number of hydrogen-bond acceptors (Lipinski definition) is 6. The average molecular weight is 421 g/mol. The zero-order chi connectivity index (χ0) is 21.4. The molecule has 8 nitrogen and oxygen atoms in total. The molecule has 0 unspecified atom stereocenters. The maximum absolute atomic E-state index is 9.98. The molecule has 8 heteroatoms. The first-order valence-corrected chi connectivity index (χ1v) is 10.9. The van der Waals surface area contributed by atoms with Gasteiger partial charge in [-0.15, -0.1) is 5.10 Å². The lowest BCUT2D eigenvalue weighted by Crippen LogP contribution is -2.23. The summed E-state index contributed by atoms with van der Waals surface area (Å²) in [5.74, 6) is 0.946. The van der Waals surface area contributed by atoms with Crippen LogP contribution in [0.3, 0.4) is 0 Å². The van der Waals surface area contributed by atoms with Crippen LogP contribution in [0.25, 0.3) is 22.3 Å². The third-order valence-corrected chi connectivity index (χ3v) is 6.15. The Morgan fingerprint density at radius 2 is 2.06 bits per heavy atom. The van der Waals surface area contributed by atoms with Crippen molar-refractivity contribution in [2.45, 2.75) is 50.7 Å². The van der Waals surface area contributed by atoms with E-state index in [-0.39, 0.29) is 12.1 Å². The molecule has 0 spiro atoms. The van der Waals surface area contributed by atoms with E-state index >= 15 is 0 Å². The molecule has 0 radical (unpaired) electrons. The van der Waals surface area contributed by atoms with Gasteiger partial charge in [-0.3, -0.25) is 0 Å². The Kier molecular flexibility index (Phi) is 5.33. The molecule has 162 valence electrons. The van der Waals surface area contributed by atoms with Gasteiger partial charge in [-0.1, -0.05) is 0 Å². The summed E-state index contributed by atoms with van der Waals surface area (Å²) in [7, 11) is 1.69. The number of methoxy groups -OCH3 is 1. The molecule has 2 N–H and O–H groups in total. The van der Waals surface area contributed by atoms with Crippen molar-refractivity contribution < 1.29 is 9.84 Å². The third-order valence-electron chi connectivity index (χ3n) is 6.15. The zero-order valence-corrected chi connectivity index (χ0v) is 17.9. The fourth-order valence-electron chi connectivity index (χ4n) is 4.57. The summed E-state index contributed by atoms with van der Waals surface area (Å²) < 4.78 is 9.29. The summed E-state index contributed by atoms with van der Waals surface area (Å²) in [6.07, 6.45) is 11.1. The van der Waals surface area contributed by atoms with Crippen LogP contribution in [0.2, 0.25) is 0 Å². The molecule has 0 amide bonds. The smallest absolute Gasteiger partial charge is 0.241 e. The second-order valence-electron chi connectivity index (χ2n) is 8.48. The number of nitrogens with zero attached hydrogens (tertiary/aromatic N) is 5. The normalized spacial score (nSPS) is 20.4. The molecule has 1 aliphatic rings. The van der Waals surface area contributed by atoms with Crippen LogP contribution in [0.15, 0.2) is 43.0 Å². The van der Waals surface area contributed by atoms with Crippen molar-refractivity contribution in [1.82, 2.24) is 24.0 Å². The van der Waals surface area contributed by atoms with Crippen LogP contribution >= 0.6 is 0 Å². The topological polar surface area (TPSA) is 89.0 Å². The minimum Gasteiger partial charge on any atom is -0.393 e. The third kappa shape index (κ3) is 3.88. The van der Waals surface area contributed by atoms with Crippen molar-refractivity contribution in [2.24, 2.45) is 0 Å². The number of nitrogens with one attached hydrogen (secondary N) is 1. The van der Waals surface area contributed by atoms with E-state index in [1.165, 1.54) is 5.69 Å². The van der Waals surface area contributed by atoms with E-state index in [0.29, 0.717) is 18.5 Å². The number of aliphatic hydroxyl groups is 1. The average Bonchev–Trinajstić information content (AvgIpc) is 3.38. The van der Waals surface area contributed by atoms with Gasteiger partial charge in [-0.2, -0.15) is 0 Å². The number of pyridine rings is 1. The summed E-state index contributed by atoms with van der Waals surface area (Å²) >= 11 is 0. The van der Waals surface area contributed by atoms with Crippen LogP contribution in [-0.4, -0.2) is 55.0 Å². The molecule has 5 rings (SSSR count). The van der Waals surface area contributed by atoms with Crippen molar-refractivity contribution in [2.75, 3.05) is 19.0 Å². The van der Waals surface area contributed by atoms with Crippen LogP contribution in [0.1, 0.15) is 44.2 Å². The molecule has 1 aliphatic carbocycles. The van der Waals surface area contributed by atoms with Crippen LogP contribution in [-0.2, 0) is 4.74 Å². The molecule has 1 atom stereocenters. The van der Waals surface area contributed by atoms with E-state index in [2.05, 4.69) is 33.6 Å². The summed E-state index contributed by atoms with van der Waals surface area (Å²) in [4.78, 5) is 8.93. The van der Waals surface area contributed by atoms with Gasteiger partial charge in [0.15, 0.2) is 0 Å². The Bertz CT molecular complexity index is 1190. The van der Waals surface area contributed by atoms with E-state index in [9.17, 15) is 5.11 Å². The molecule has 0 bridgehead atoms.